The quantitative estimate of drug-likeness (QED) is 0.452. The first-order valence-corrected chi connectivity index (χ1v) is 7.42. The van der Waals surface area contributed by atoms with Gasteiger partial charge in [0.25, 0.3) is 0 Å². The van der Waals surface area contributed by atoms with Crippen LogP contribution in [-0.4, -0.2) is 0 Å². The van der Waals surface area contributed by atoms with Crippen molar-refractivity contribution in [2.45, 2.75) is 31.0 Å². The normalized spacial score (nSPS) is 23.7. The van der Waals surface area contributed by atoms with Crippen molar-refractivity contribution < 1.29 is 4.39 Å². The van der Waals surface area contributed by atoms with Gasteiger partial charge in [0.2, 0.25) is 0 Å². The van der Waals surface area contributed by atoms with Gasteiger partial charge < -0.3 is 0 Å². The molecule has 0 heterocycles. The first kappa shape index (κ1) is 12.2. The van der Waals surface area contributed by atoms with Crippen LogP contribution in [0.5, 0.6) is 0 Å². The van der Waals surface area contributed by atoms with E-state index in [0.29, 0.717) is 5.92 Å². The fourth-order valence-electron chi connectivity index (χ4n) is 2.96. The van der Waals surface area contributed by atoms with Crippen LogP contribution in [0, 0.1) is 11.7 Å². The molecule has 0 N–H and O–H groups in total. The van der Waals surface area contributed by atoms with E-state index in [4.69, 9.17) is 0 Å². The Balaban J connectivity index is 2.28. The molecule has 2 aromatic rings. The number of fused-ring (bicyclic) bond motifs is 3. The fraction of sp³-hybridized carbons (Fsp3) is 0.375. The first-order chi connectivity index (χ1) is 8.66. The molecule has 3 rings (SSSR count). The average molecular weight is 307 g/mol. The molecule has 2 atom stereocenters. The van der Waals surface area contributed by atoms with Crippen LogP contribution in [-0.2, 0) is 6.42 Å². The second-order valence-corrected chi connectivity index (χ2v) is 6.42. The Bertz CT molecular complexity index is 591. The van der Waals surface area contributed by atoms with Crippen molar-refractivity contribution in [3.63, 3.8) is 0 Å². The maximum atomic E-state index is 14.2. The minimum atomic E-state index is -0.0941. The van der Waals surface area contributed by atoms with E-state index in [1.54, 1.807) is 6.07 Å². The lowest BCUT2D eigenvalue weighted by molar-refractivity contribution is 0.508. The van der Waals surface area contributed by atoms with E-state index in [9.17, 15) is 4.39 Å². The molecule has 2 unspecified atom stereocenters. The molecule has 0 saturated carbocycles. The van der Waals surface area contributed by atoms with Gasteiger partial charge in [0.05, 0.1) is 0 Å². The number of hydrogen-bond donors (Lipinski definition) is 0. The summed E-state index contributed by atoms with van der Waals surface area (Å²) >= 11 is 3.73. The topological polar surface area (TPSA) is 0 Å². The Morgan fingerprint density at radius 3 is 2.72 bits per heavy atom. The van der Waals surface area contributed by atoms with Crippen molar-refractivity contribution in [1.29, 1.82) is 0 Å². The van der Waals surface area contributed by atoms with Gasteiger partial charge in [-0.05, 0) is 47.8 Å². The Labute approximate surface area is 115 Å². The number of halogens is 2. The number of alkyl halides is 1. The zero-order valence-electron chi connectivity index (χ0n) is 10.4. The summed E-state index contributed by atoms with van der Waals surface area (Å²) < 4.78 is 14.2. The third-order valence-electron chi connectivity index (χ3n) is 3.97. The van der Waals surface area contributed by atoms with E-state index in [2.05, 4.69) is 22.9 Å². The summed E-state index contributed by atoms with van der Waals surface area (Å²) in [6.45, 7) is 2.28. The van der Waals surface area contributed by atoms with Gasteiger partial charge in [-0.25, -0.2) is 4.39 Å². The molecule has 2 aromatic carbocycles. The average Bonchev–Trinajstić information content (AvgIpc) is 2.50. The van der Waals surface area contributed by atoms with Crippen LogP contribution in [0.15, 0.2) is 30.3 Å². The lowest BCUT2D eigenvalue weighted by Crippen LogP contribution is -1.97. The second kappa shape index (κ2) is 4.65. The molecule has 94 valence electrons. The molecule has 0 bridgehead atoms. The predicted octanol–water partition coefficient (Wildman–Crippen LogP) is 5.39. The van der Waals surface area contributed by atoms with Gasteiger partial charge in [-0.15, -0.1) is 0 Å². The largest absolute Gasteiger partial charge is 0.206 e. The molecule has 0 radical (unpaired) electrons. The van der Waals surface area contributed by atoms with Crippen molar-refractivity contribution in [2.24, 2.45) is 5.92 Å². The zero-order chi connectivity index (χ0) is 12.7. The summed E-state index contributed by atoms with van der Waals surface area (Å²) in [4.78, 5) is 0.282. The van der Waals surface area contributed by atoms with Crippen LogP contribution in [0.4, 0.5) is 4.39 Å². The van der Waals surface area contributed by atoms with E-state index in [0.717, 1.165) is 29.2 Å². The lowest BCUT2D eigenvalue weighted by atomic mass is 9.95. The maximum absolute atomic E-state index is 14.2. The molecule has 0 saturated heterocycles. The van der Waals surface area contributed by atoms with E-state index >= 15 is 0 Å². The molecule has 0 aliphatic heterocycles. The van der Waals surface area contributed by atoms with Crippen LogP contribution in [0.25, 0.3) is 10.8 Å². The highest BCUT2D eigenvalue weighted by Gasteiger charge is 2.23. The molecule has 0 amide bonds. The van der Waals surface area contributed by atoms with E-state index in [1.165, 1.54) is 12.0 Å². The van der Waals surface area contributed by atoms with Crippen molar-refractivity contribution in [1.82, 2.24) is 0 Å². The molecule has 0 nitrogen and oxygen atoms in total. The van der Waals surface area contributed by atoms with Gasteiger partial charge >= 0.3 is 0 Å². The van der Waals surface area contributed by atoms with Crippen LogP contribution in [0.3, 0.4) is 0 Å². The van der Waals surface area contributed by atoms with E-state index in [-0.39, 0.29) is 10.6 Å². The number of rotatable bonds is 0. The van der Waals surface area contributed by atoms with Gasteiger partial charge in [-0.3, -0.25) is 0 Å². The third-order valence-corrected chi connectivity index (χ3v) is 4.84. The molecular weight excluding hydrogens is 291 g/mol. The molecule has 1 aliphatic rings. The highest BCUT2D eigenvalue weighted by atomic mass is 79.9. The van der Waals surface area contributed by atoms with Crippen molar-refractivity contribution in [2.75, 3.05) is 0 Å². The standard InChI is InChI=1S/C16H16BrF/c1-10-6-7-12-11-4-2-3-5-13(11)16(18)9-14(12)15(17)8-10/h2-5,9-10,15H,6-8H2,1H3. The van der Waals surface area contributed by atoms with Gasteiger partial charge in [-0.2, -0.15) is 0 Å². The summed E-state index contributed by atoms with van der Waals surface area (Å²) in [5.41, 5.74) is 2.48. The smallest absolute Gasteiger partial charge is 0.131 e. The SMILES string of the molecule is CC1CCc2c(cc(F)c3ccccc23)C(Br)C1. The van der Waals surface area contributed by atoms with Crippen LogP contribution >= 0.6 is 15.9 Å². The monoisotopic (exact) mass is 306 g/mol. The molecule has 0 spiro atoms. The second-order valence-electron chi connectivity index (χ2n) is 5.32. The lowest BCUT2D eigenvalue weighted by Gasteiger charge is -2.15. The fourth-order valence-corrected chi connectivity index (χ4v) is 4.01. The number of aryl methyl sites for hydroxylation is 1. The zero-order valence-corrected chi connectivity index (χ0v) is 12.0. The Morgan fingerprint density at radius 1 is 1.22 bits per heavy atom. The molecular formula is C16H16BrF. The number of hydrogen-bond acceptors (Lipinski definition) is 0. The van der Waals surface area contributed by atoms with Crippen LogP contribution < -0.4 is 0 Å². The van der Waals surface area contributed by atoms with E-state index in [1.807, 2.05) is 24.3 Å². The van der Waals surface area contributed by atoms with Gasteiger partial charge in [0, 0.05) is 10.2 Å². The van der Waals surface area contributed by atoms with Gasteiger partial charge in [0.15, 0.2) is 0 Å². The predicted molar refractivity (Wildman–Crippen MR) is 77.7 cm³/mol. The van der Waals surface area contributed by atoms with Crippen molar-refractivity contribution in [3.05, 3.63) is 47.3 Å². The summed E-state index contributed by atoms with van der Waals surface area (Å²) in [5, 5.41) is 1.84. The summed E-state index contributed by atoms with van der Waals surface area (Å²) in [6, 6.07) is 9.56. The highest BCUT2D eigenvalue weighted by molar-refractivity contribution is 9.09. The van der Waals surface area contributed by atoms with Crippen molar-refractivity contribution in [3.8, 4) is 0 Å². The molecule has 2 heteroatoms. The molecule has 1 aliphatic carbocycles. The van der Waals surface area contributed by atoms with Crippen molar-refractivity contribution >= 4 is 26.7 Å². The molecule has 0 fully saturated rings. The van der Waals surface area contributed by atoms with Crippen LogP contribution in [0.1, 0.15) is 35.7 Å². The first-order valence-electron chi connectivity index (χ1n) is 6.51. The number of benzene rings is 2. The van der Waals surface area contributed by atoms with Gasteiger partial charge in [-0.1, -0.05) is 47.1 Å². The van der Waals surface area contributed by atoms with E-state index < -0.39 is 0 Å². The maximum Gasteiger partial charge on any atom is 0.131 e. The van der Waals surface area contributed by atoms with Crippen LogP contribution in [0.2, 0.25) is 0 Å². The Kier molecular flexibility index (Phi) is 3.14. The minimum absolute atomic E-state index is 0.0941. The highest BCUT2D eigenvalue weighted by Crippen LogP contribution is 2.40. The Hall–Kier alpha value is -0.890. The summed E-state index contributed by atoms with van der Waals surface area (Å²) in [7, 11) is 0. The third kappa shape index (κ3) is 1.97. The minimum Gasteiger partial charge on any atom is -0.206 e. The van der Waals surface area contributed by atoms with Gasteiger partial charge in [0.1, 0.15) is 5.82 Å². The summed E-state index contributed by atoms with van der Waals surface area (Å²) in [6.07, 6.45) is 3.33. The summed E-state index contributed by atoms with van der Waals surface area (Å²) in [5.74, 6) is 0.590. The molecule has 18 heavy (non-hydrogen) atoms. The molecule has 0 aromatic heterocycles. The Morgan fingerprint density at radius 2 is 1.94 bits per heavy atom.